The quantitative estimate of drug-likeness (QED) is 0.865. The van der Waals surface area contributed by atoms with Gasteiger partial charge >= 0.3 is 0 Å². The van der Waals surface area contributed by atoms with E-state index in [2.05, 4.69) is 10.2 Å². The largest absolute Gasteiger partial charge is 0.508 e. The fourth-order valence-electron chi connectivity index (χ4n) is 1.43. The average molecular weight is 269 g/mol. The van der Waals surface area contributed by atoms with Crippen LogP contribution in [0.25, 0.3) is 10.6 Å². The van der Waals surface area contributed by atoms with Crippen LogP contribution < -0.4 is 0 Å². The normalized spacial score (nSPS) is 10.7. The monoisotopic (exact) mass is 268 g/mol. The molecule has 0 aliphatic rings. The van der Waals surface area contributed by atoms with E-state index in [0.29, 0.717) is 11.6 Å². The Labute approximate surface area is 109 Å². The van der Waals surface area contributed by atoms with Gasteiger partial charge in [-0.15, -0.1) is 21.8 Å². The van der Waals surface area contributed by atoms with Crippen molar-refractivity contribution in [2.24, 2.45) is 0 Å². The molecule has 0 atom stereocenters. The molecule has 0 amide bonds. The molecule has 0 spiro atoms. The predicted octanol–water partition coefficient (Wildman–Crippen LogP) is 3.39. The van der Waals surface area contributed by atoms with Crippen LogP contribution in [-0.2, 0) is 6.42 Å². The number of aryl methyl sites for hydroxylation is 2. The van der Waals surface area contributed by atoms with Crippen molar-refractivity contribution in [1.82, 2.24) is 10.2 Å². The Kier molecular flexibility index (Phi) is 3.97. The van der Waals surface area contributed by atoms with Crippen molar-refractivity contribution in [1.29, 1.82) is 0 Å². The molecule has 0 fully saturated rings. The molecule has 90 valence electrons. The Balaban J connectivity index is 2.21. The summed E-state index contributed by atoms with van der Waals surface area (Å²) in [5, 5.41) is 19.7. The SMILES string of the molecule is Cc1ccc(-c2nnc(CCCCl)s2)cc1O. The van der Waals surface area contributed by atoms with Crippen LogP contribution in [0.5, 0.6) is 5.75 Å². The third-order valence-corrected chi connectivity index (χ3v) is 3.75. The van der Waals surface area contributed by atoms with E-state index in [1.54, 1.807) is 17.4 Å². The number of phenolic OH excluding ortho intramolecular Hbond substituents is 1. The van der Waals surface area contributed by atoms with Crippen molar-refractivity contribution < 1.29 is 5.11 Å². The van der Waals surface area contributed by atoms with Gasteiger partial charge in [-0.05, 0) is 25.0 Å². The van der Waals surface area contributed by atoms with Crippen LogP contribution in [0.2, 0.25) is 0 Å². The Morgan fingerprint density at radius 1 is 1.35 bits per heavy atom. The van der Waals surface area contributed by atoms with Crippen LogP contribution in [0.15, 0.2) is 18.2 Å². The average Bonchev–Trinajstić information content (AvgIpc) is 2.79. The molecule has 5 heteroatoms. The van der Waals surface area contributed by atoms with Crippen molar-refractivity contribution in [2.45, 2.75) is 19.8 Å². The highest BCUT2D eigenvalue weighted by Crippen LogP contribution is 2.28. The Morgan fingerprint density at radius 3 is 2.88 bits per heavy atom. The molecule has 0 saturated heterocycles. The summed E-state index contributed by atoms with van der Waals surface area (Å²) >= 11 is 7.19. The topological polar surface area (TPSA) is 46.0 Å². The van der Waals surface area contributed by atoms with Crippen molar-refractivity contribution in [3.05, 3.63) is 28.8 Å². The minimum atomic E-state index is 0.292. The minimum Gasteiger partial charge on any atom is -0.508 e. The van der Waals surface area contributed by atoms with E-state index in [4.69, 9.17) is 11.6 Å². The van der Waals surface area contributed by atoms with Crippen LogP contribution >= 0.6 is 22.9 Å². The van der Waals surface area contributed by atoms with E-state index in [1.807, 2.05) is 19.1 Å². The molecule has 3 nitrogen and oxygen atoms in total. The molecule has 2 aromatic rings. The standard InChI is InChI=1S/C12H13ClN2OS/c1-8-4-5-9(7-10(8)16)12-15-14-11(17-12)3-2-6-13/h4-5,7,16H,2-3,6H2,1H3. The maximum atomic E-state index is 9.65. The summed E-state index contributed by atoms with van der Waals surface area (Å²) in [4.78, 5) is 0. The Hall–Kier alpha value is -1.13. The number of aromatic nitrogens is 2. The van der Waals surface area contributed by atoms with Gasteiger partial charge in [0.05, 0.1) is 0 Å². The summed E-state index contributed by atoms with van der Waals surface area (Å²) < 4.78 is 0. The van der Waals surface area contributed by atoms with Gasteiger partial charge in [0.2, 0.25) is 0 Å². The lowest BCUT2D eigenvalue weighted by atomic mass is 10.1. The first kappa shape index (κ1) is 12.3. The van der Waals surface area contributed by atoms with Crippen molar-refractivity contribution in [3.8, 4) is 16.3 Å². The third-order valence-electron chi connectivity index (χ3n) is 2.45. The van der Waals surface area contributed by atoms with Crippen molar-refractivity contribution in [2.75, 3.05) is 5.88 Å². The fraction of sp³-hybridized carbons (Fsp3) is 0.333. The summed E-state index contributed by atoms with van der Waals surface area (Å²) in [6, 6.07) is 5.55. The zero-order valence-electron chi connectivity index (χ0n) is 9.48. The zero-order valence-corrected chi connectivity index (χ0v) is 11.1. The van der Waals surface area contributed by atoms with Gasteiger partial charge in [0.15, 0.2) is 0 Å². The van der Waals surface area contributed by atoms with Crippen LogP contribution in [0.4, 0.5) is 0 Å². The molecule has 17 heavy (non-hydrogen) atoms. The molecule has 1 heterocycles. The fourth-order valence-corrected chi connectivity index (χ4v) is 2.44. The second kappa shape index (κ2) is 5.47. The van der Waals surface area contributed by atoms with Gasteiger partial charge in [0.1, 0.15) is 15.8 Å². The van der Waals surface area contributed by atoms with Crippen molar-refractivity contribution >= 4 is 22.9 Å². The molecule has 0 radical (unpaired) electrons. The lowest BCUT2D eigenvalue weighted by Gasteiger charge is -2.00. The number of phenols is 1. The number of nitrogens with zero attached hydrogens (tertiary/aromatic N) is 2. The minimum absolute atomic E-state index is 0.292. The first-order chi connectivity index (χ1) is 8.20. The molecule has 1 aromatic heterocycles. The zero-order chi connectivity index (χ0) is 12.3. The highest BCUT2D eigenvalue weighted by atomic mass is 35.5. The number of hydrogen-bond donors (Lipinski definition) is 1. The number of halogens is 1. The van der Waals surface area contributed by atoms with E-state index >= 15 is 0 Å². The van der Waals surface area contributed by atoms with E-state index < -0.39 is 0 Å². The number of benzene rings is 1. The van der Waals surface area contributed by atoms with E-state index in [0.717, 1.165) is 34.0 Å². The summed E-state index contributed by atoms with van der Waals surface area (Å²) in [6.07, 6.45) is 1.77. The second-order valence-corrected chi connectivity index (χ2v) is 5.23. The van der Waals surface area contributed by atoms with Crippen LogP contribution in [0, 0.1) is 6.92 Å². The molecule has 0 saturated carbocycles. The van der Waals surface area contributed by atoms with E-state index in [-0.39, 0.29) is 0 Å². The molecular formula is C12H13ClN2OS. The first-order valence-electron chi connectivity index (χ1n) is 5.39. The van der Waals surface area contributed by atoms with Gasteiger partial charge in [0, 0.05) is 17.9 Å². The Bertz CT molecular complexity index is 513. The smallest absolute Gasteiger partial charge is 0.147 e. The summed E-state index contributed by atoms with van der Waals surface area (Å²) in [5.41, 5.74) is 1.77. The maximum Gasteiger partial charge on any atom is 0.147 e. The third kappa shape index (κ3) is 2.96. The highest BCUT2D eigenvalue weighted by Gasteiger charge is 2.08. The lowest BCUT2D eigenvalue weighted by molar-refractivity contribution is 0.471. The summed E-state index contributed by atoms with van der Waals surface area (Å²) in [5.74, 6) is 0.931. The van der Waals surface area contributed by atoms with Gasteiger partial charge in [0.25, 0.3) is 0 Å². The first-order valence-corrected chi connectivity index (χ1v) is 6.74. The van der Waals surface area contributed by atoms with Gasteiger partial charge in [-0.25, -0.2) is 0 Å². The number of alkyl halides is 1. The highest BCUT2D eigenvalue weighted by molar-refractivity contribution is 7.14. The molecule has 0 unspecified atom stereocenters. The van der Waals surface area contributed by atoms with Gasteiger partial charge in [-0.1, -0.05) is 23.5 Å². The van der Waals surface area contributed by atoms with Crippen LogP contribution in [0.1, 0.15) is 17.0 Å². The molecule has 1 N–H and O–H groups in total. The van der Waals surface area contributed by atoms with Crippen LogP contribution in [-0.4, -0.2) is 21.2 Å². The molecule has 0 aliphatic carbocycles. The number of aromatic hydroxyl groups is 1. The molecular weight excluding hydrogens is 256 g/mol. The van der Waals surface area contributed by atoms with Gasteiger partial charge < -0.3 is 5.11 Å². The van der Waals surface area contributed by atoms with Crippen LogP contribution in [0.3, 0.4) is 0 Å². The molecule has 2 rings (SSSR count). The van der Waals surface area contributed by atoms with E-state index in [1.165, 1.54) is 0 Å². The van der Waals surface area contributed by atoms with Gasteiger partial charge in [-0.3, -0.25) is 0 Å². The molecule has 0 aliphatic heterocycles. The summed E-state index contributed by atoms with van der Waals surface area (Å²) in [7, 11) is 0. The molecule has 1 aromatic carbocycles. The molecule has 0 bridgehead atoms. The lowest BCUT2D eigenvalue weighted by Crippen LogP contribution is -1.84. The Morgan fingerprint density at radius 2 is 2.18 bits per heavy atom. The second-order valence-electron chi connectivity index (χ2n) is 3.79. The predicted molar refractivity (Wildman–Crippen MR) is 70.8 cm³/mol. The van der Waals surface area contributed by atoms with Gasteiger partial charge in [-0.2, -0.15) is 0 Å². The maximum absolute atomic E-state index is 9.65. The summed E-state index contributed by atoms with van der Waals surface area (Å²) in [6.45, 7) is 1.87. The number of rotatable bonds is 4. The van der Waals surface area contributed by atoms with E-state index in [9.17, 15) is 5.11 Å². The number of hydrogen-bond acceptors (Lipinski definition) is 4. The van der Waals surface area contributed by atoms with Crippen molar-refractivity contribution in [3.63, 3.8) is 0 Å².